The van der Waals surface area contributed by atoms with E-state index >= 15 is 0 Å². The van der Waals surface area contributed by atoms with Crippen molar-refractivity contribution in [3.63, 3.8) is 0 Å². The molecule has 4 heterocycles. The van der Waals surface area contributed by atoms with Gasteiger partial charge in [-0.05, 0) is 94.1 Å². The molecule has 6 rings (SSSR count). The largest absolute Gasteiger partial charge is 1.00 e. The first-order chi connectivity index (χ1) is 25.5. The van der Waals surface area contributed by atoms with Crippen molar-refractivity contribution in [1.82, 2.24) is 29.9 Å². The molecule has 0 spiro atoms. The fraction of sp³-hybridized carbons (Fsp3) is 0.103. The van der Waals surface area contributed by atoms with Gasteiger partial charge in [-0.1, -0.05) is 24.0 Å². The summed E-state index contributed by atoms with van der Waals surface area (Å²) in [4.78, 5) is 19.5. The topological polar surface area (TPSA) is 169 Å². The molecule has 0 aliphatic rings. The minimum absolute atomic E-state index is 0. The van der Waals surface area contributed by atoms with Crippen molar-refractivity contribution in [2.24, 2.45) is 0 Å². The summed E-state index contributed by atoms with van der Waals surface area (Å²) in [5.41, 5.74) is 7.35. The quantitative estimate of drug-likeness (QED) is 0.104. The van der Waals surface area contributed by atoms with E-state index in [0.29, 0.717) is 11.4 Å². The Bertz CT molecular complexity index is 2360. The standard InChI is InChI=1S/C19H13FN4.C12H11N3.C7H3F2N.CH2O3.2Cs.H/c1-13-19(7-6-17-5-3-4-8-22-17)14(2)24(23-13)18-10-15(12-21)9-16(20)11-18;1-9-12(10(2)15-14-9)7-6-11-5-3-4-8-13-11;8-6-1-5(4-10)2-7(9)3-6;2-1-4-3;;;/h3-5,8-11H,1-2H3;3-5,8H,1-2H3,(H,14,15);1-3H;1,3H;;;/q;;;;2*+1;-1/p-1. The summed E-state index contributed by atoms with van der Waals surface area (Å²) in [6.45, 7) is 7.42. The smallest absolute Gasteiger partial charge is 1.00 e. The Morgan fingerprint density at radius 1 is 0.745 bits per heavy atom. The average Bonchev–Trinajstić information content (AvgIpc) is 3.64. The van der Waals surface area contributed by atoms with Gasteiger partial charge in [0.25, 0.3) is 6.47 Å². The monoisotopic (exact) mass is 980 g/mol. The van der Waals surface area contributed by atoms with E-state index in [1.54, 1.807) is 29.2 Å². The summed E-state index contributed by atoms with van der Waals surface area (Å²) < 4.78 is 39.7. The molecule has 0 aliphatic heterocycles. The number of nitriles is 2. The fourth-order valence-electron chi connectivity index (χ4n) is 4.32. The second-order valence-corrected chi connectivity index (χ2v) is 10.5. The third kappa shape index (κ3) is 16.7. The molecule has 0 radical (unpaired) electrons. The molecule has 1 N–H and O–H groups in total. The number of aryl methyl sites for hydroxylation is 3. The van der Waals surface area contributed by atoms with Gasteiger partial charge in [-0.3, -0.25) is 9.89 Å². The second-order valence-electron chi connectivity index (χ2n) is 10.5. The van der Waals surface area contributed by atoms with Crippen LogP contribution in [-0.2, 0) is 9.68 Å². The molecule has 0 fully saturated rings. The number of pyridine rings is 2. The number of H-pyrrole nitrogens is 1. The fourth-order valence-corrected chi connectivity index (χ4v) is 4.32. The maximum atomic E-state index is 13.7. The van der Waals surface area contributed by atoms with Crippen LogP contribution in [0.2, 0.25) is 0 Å². The van der Waals surface area contributed by atoms with Gasteiger partial charge < -0.3 is 11.6 Å². The number of nitrogens with zero attached hydrogens (tertiary/aromatic N) is 7. The number of rotatable bonds is 2. The van der Waals surface area contributed by atoms with Gasteiger partial charge in [0, 0.05) is 24.2 Å². The Kier molecular flexibility index (Phi) is 23.8. The van der Waals surface area contributed by atoms with E-state index in [1.807, 2.05) is 70.2 Å². The maximum absolute atomic E-state index is 13.7. The normalized spacial score (nSPS) is 8.91. The van der Waals surface area contributed by atoms with Gasteiger partial charge in [-0.15, -0.1) is 0 Å². The van der Waals surface area contributed by atoms with Crippen LogP contribution < -0.4 is 143 Å². The van der Waals surface area contributed by atoms with E-state index < -0.39 is 17.5 Å². The van der Waals surface area contributed by atoms with Crippen LogP contribution in [0.1, 0.15) is 57.8 Å². The predicted octanol–water partition coefficient (Wildman–Crippen LogP) is -0.492. The Labute approximate surface area is 435 Å². The van der Waals surface area contributed by atoms with Crippen LogP contribution in [0, 0.1) is 91.5 Å². The SMILES string of the molecule is Cc1n[nH]c(C)c1C#Cc1ccccn1.Cc1nn(-c2cc(F)cc(C#N)c2)c(C)c1C#Cc1ccccn1.N#Cc1cc(F)cc(F)c1.O=CO[O-].[Cs+].[Cs+].[H-]. The van der Waals surface area contributed by atoms with Crippen LogP contribution in [0.5, 0.6) is 0 Å². The van der Waals surface area contributed by atoms with Gasteiger partial charge in [0.1, 0.15) is 28.8 Å². The number of aromatic amines is 1. The number of carbonyl (C=O) groups is 1. The molecule has 11 nitrogen and oxygen atoms in total. The van der Waals surface area contributed by atoms with E-state index in [1.165, 1.54) is 12.1 Å². The van der Waals surface area contributed by atoms with Crippen LogP contribution in [0.15, 0.2) is 85.2 Å². The second kappa shape index (κ2) is 26.4. The van der Waals surface area contributed by atoms with Crippen LogP contribution in [0.4, 0.5) is 13.2 Å². The number of hydrogen-bond acceptors (Lipinski definition) is 9. The van der Waals surface area contributed by atoms with Gasteiger partial charge in [0.15, 0.2) is 0 Å². The molecular weight excluding hydrogens is 951 g/mol. The van der Waals surface area contributed by atoms with Crippen molar-refractivity contribution in [3.8, 4) is 41.5 Å². The molecule has 0 atom stereocenters. The predicted molar refractivity (Wildman–Crippen MR) is 186 cm³/mol. The Balaban J connectivity index is 0.000000813. The van der Waals surface area contributed by atoms with Gasteiger partial charge >= 0.3 is 138 Å². The first-order valence-electron chi connectivity index (χ1n) is 15.2. The molecule has 0 aliphatic carbocycles. The average molecular weight is 981 g/mol. The van der Waals surface area contributed by atoms with E-state index in [-0.39, 0.29) is 157 Å². The maximum Gasteiger partial charge on any atom is 1.00 e. The minimum Gasteiger partial charge on any atom is -1.00 e. The summed E-state index contributed by atoms with van der Waals surface area (Å²) in [5, 5.41) is 37.0. The summed E-state index contributed by atoms with van der Waals surface area (Å²) in [6.07, 6.45) is 3.42. The summed E-state index contributed by atoms with van der Waals surface area (Å²) >= 11 is 0. The molecule has 266 valence electrons. The molecule has 2 aromatic carbocycles. The molecule has 0 unspecified atom stereocenters. The van der Waals surface area contributed by atoms with Crippen molar-refractivity contribution >= 4 is 6.47 Å². The number of carbonyl (C=O) groups excluding carboxylic acids is 1. The molecule has 4 aromatic heterocycles. The summed E-state index contributed by atoms with van der Waals surface area (Å²) in [6, 6.07) is 21.6. The van der Waals surface area contributed by atoms with Crippen molar-refractivity contribution in [3.05, 3.63) is 159 Å². The Hall–Kier alpha value is -3.42. The first-order valence-corrected chi connectivity index (χ1v) is 15.2. The molecule has 0 saturated heterocycles. The molecule has 55 heavy (non-hydrogen) atoms. The van der Waals surface area contributed by atoms with Crippen LogP contribution >= 0.6 is 0 Å². The van der Waals surface area contributed by atoms with Crippen molar-refractivity contribution in [1.29, 1.82) is 10.5 Å². The van der Waals surface area contributed by atoms with Gasteiger partial charge in [0.05, 0.1) is 57.2 Å². The summed E-state index contributed by atoms with van der Waals surface area (Å²) in [7, 11) is 0. The first kappa shape index (κ1) is 49.6. The molecule has 6 aromatic rings. The Morgan fingerprint density at radius 3 is 1.67 bits per heavy atom. The van der Waals surface area contributed by atoms with Crippen LogP contribution in [-0.4, -0.2) is 36.4 Å². The number of benzene rings is 2. The van der Waals surface area contributed by atoms with E-state index in [0.717, 1.165) is 57.8 Å². The number of nitrogens with one attached hydrogen (secondary N) is 1. The number of hydrogen-bond donors (Lipinski definition) is 1. The zero-order chi connectivity index (χ0) is 38.8. The molecule has 0 saturated carbocycles. The molecule has 16 heteroatoms. The van der Waals surface area contributed by atoms with Gasteiger partial charge in [-0.2, -0.15) is 20.7 Å². The third-order valence-corrected chi connectivity index (χ3v) is 6.67. The van der Waals surface area contributed by atoms with E-state index in [9.17, 15) is 13.2 Å². The Morgan fingerprint density at radius 2 is 1.24 bits per heavy atom. The number of halogens is 3. The van der Waals surface area contributed by atoms with E-state index in [4.69, 9.17) is 20.6 Å². The zero-order valence-electron chi connectivity index (χ0n) is 31.6. The van der Waals surface area contributed by atoms with Gasteiger partial charge in [-0.25, -0.2) is 27.8 Å². The van der Waals surface area contributed by atoms with Gasteiger partial charge in [0.2, 0.25) is 0 Å². The molecule has 0 bridgehead atoms. The number of aromatic nitrogens is 6. The third-order valence-electron chi connectivity index (χ3n) is 6.67. The van der Waals surface area contributed by atoms with Crippen molar-refractivity contribution in [2.45, 2.75) is 27.7 Å². The zero-order valence-corrected chi connectivity index (χ0v) is 43.2. The summed E-state index contributed by atoms with van der Waals surface area (Å²) in [5.74, 6) is 10.2. The van der Waals surface area contributed by atoms with Crippen LogP contribution in [0.3, 0.4) is 0 Å². The molecule has 0 amide bonds. The minimum atomic E-state index is -0.725. The molecular formula is C39H29Cs2F3N8O3. The van der Waals surface area contributed by atoms with Crippen molar-refractivity contribution in [2.75, 3.05) is 0 Å². The van der Waals surface area contributed by atoms with E-state index in [2.05, 4.69) is 53.8 Å². The van der Waals surface area contributed by atoms with Crippen molar-refractivity contribution < 1.29 is 167 Å². The van der Waals surface area contributed by atoms with Crippen LogP contribution in [0.25, 0.3) is 5.69 Å².